The average molecular weight is 337 g/mol. The van der Waals surface area contributed by atoms with Crippen LogP contribution in [0.5, 0.6) is 11.8 Å². The highest BCUT2D eigenvalue weighted by Gasteiger charge is 2.18. The highest BCUT2D eigenvalue weighted by Crippen LogP contribution is 2.24. The Morgan fingerprint density at radius 2 is 1.65 bits per heavy atom. The van der Waals surface area contributed by atoms with E-state index in [1.807, 2.05) is 6.92 Å². The second-order valence-electron chi connectivity index (χ2n) is 4.77. The van der Waals surface area contributed by atoms with Crippen LogP contribution in [0.4, 0.5) is 5.69 Å². The Kier molecular flexibility index (Phi) is 5.05. The van der Waals surface area contributed by atoms with Crippen LogP contribution in [0.15, 0.2) is 29.2 Å². The molecule has 0 aliphatic carbocycles. The Hall–Kier alpha value is -2.35. The first kappa shape index (κ1) is 17.0. The first-order chi connectivity index (χ1) is 10.9. The van der Waals surface area contributed by atoms with Gasteiger partial charge in [0.2, 0.25) is 0 Å². The Morgan fingerprint density at radius 1 is 1.09 bits per heavy atom. The molecule has 1 aromatic carbocycles. The summed E-state index contributed by atoms with van der Waals surface area (Å²) in [6.45, 7) is 5.66. The van der Waals surface area contributed by atoms with Crippen molar-refractivity contribution < 1.29 is 17.9 Å². The summed E-state index contributed by atoms with van der Waals surface area (Å²) < 4.78 is 37.8. The highest BCUT2D eigenvalue weighted by atomic mass is 32.2. The predicted molar refractivity (Wildman–Crippen MR) is 86.5 cm³/mol. The minimum absolute atomic E-state index is 0.131. The van der Waals surface area contributed by atoms with Gasteiger partial charge in [0.25, 0.3) is 10.0 Å². The number of benzene rings is 1. The summed E-state index contributed by atoms with van der Waals surface area (Å²) in [6.07, 6.45) is 0. The number of anilines is 1. The van der Waals surface area contributed by atoms with Crippen LogP contribution < -0.4 is 14.2 Å². The first-order valence-corrected chi connectivity index (χ1v) is 8.50. The van der Waals surface area contributed by atoms with Crippen LogP contribution >= 0.6 is 0 Å². The number of hydrogen-bond donors (Lipinski definition) is 1. The summed E-state index contributed by atoms with van der Waals surface area (Å²) >= 11 is 0. The molecule has 0 bridgehead atoms. The van der Waals surface area contributed by atoms with Crippen LogP contribution in [0.3, 0.4) is 0 Å². The van der Waals surface area contributed by atoms with E-state index in [0.717, 1.165) is 0 Å². The first-order valence-electron chi connectivity index (χ1n) is 7.02. The zero-order chi connectivity index (χ0) is 17.0. The van der Waals surface area contributed by atoms with Gasteiger partial charge >= 0.3 is 6.01 Å². The molecule has 2 aromatic rings. The number of sulfonamides is 1. The maximum Gasteiger partial charge on any atom is 0.316 e. The Bertz CT molecular complexity index is 766. The number of aromatic nitrogens is 2. The van der Waals surface area contributed by atoms with E-state index in [0.29, 0.717) is 29.4 Å². The lowest BCUT2D eigenvalue weighted by atomic mass is 10.3. The molecular weight excluding hydrogens is 318 g/mol. The molecule has 0 unspecified atom stereocenters. The van der Waals surface area contributed by atoms with E-state index in [1.165, 1.54) is 19.2 Å². The second kappa shape index (κ2) is 6.82. The number of nitrogens with one attached hydrogen (secondary N) is 1. The molecule has 0 saturated heterocycles. The summed E-state index contributed by atoms with van der Waals surface area (Å²) in [6, 6.07) is 6.35. The number of aryl methyl sites for hydroxylation is 2. The summed E-state index contributed by atoms with van der Waals surface area (Å²) in [5.74, 6) is 0.584. The lowest BCUT2D eigenvalue weighted by molar-refractivity contribution is 0.311. The Balaban J connectivity index is 2.33. The topological polar surface area (TPSA) is 90.4 Å². The maximum absolute atomic E-state index is 12.5. The normalized spacial score (nSPS) is 11.1. The van der Waals surface area contributed by atoms with Crippen molar-refractivity contribution in [3.63, 3.8) is 0 Å². The van der Waals surface area contributed by atoms with Crippen molar-refractivity contribution in [2.45, 2.75) is 25.7 Å². The van der Waals surface area contributed by atoms with E-state index in [4.69, 9.17) is 9.47 Å². The molecule has 0 amide bonds. The van der Waals surface area contributed by atoms with E-state index in [1.54, 1.807) is 26.0 Å². The summed E-state index contributed by atoms with van der Waals surface area (Å²) in [5.41, 5.74) is 1.35. The average Bonchev–Trinajstić information content (AvgIpc) is 2.51. The van der Waals surface area contributed by atoms with Crippen molar-refractivity contribution in [2.24, 2.45) is 0 Å². The summed E-state index contributed by atoms with van der Waals surface area (Å²) in [5, 5.41) is 0. The SMILES string of the molecule is CCOc1nc(C)c(NS(=O)(=O)c2ccc(OC)cc2)c(C)n1. The molecule has 8 heteroatoms. The van der Waals surface area contributed by atoms with Gasteiger partial charge in [0.1, 0.15) is 5.75 Å². The molecule has 0 atom stereocenters. The van der Waals surface area contributed by atoms with Crippen molar-refractivity contribution in [2.75, 3.05) is 18.4 Å². The van der Waals surface area contributed by atoms with E-state index in [9.17, 15) is 8.42 Å². The standard InChI is InChI=1S/C15H19N3O4S/c1-5-22-15-16-10(2)14(11(3)17-15)18-23(19,20)13-8-6-12(21-4)7-9-13/h6-9,18H,5H2,1-4H3. The number of ether oxygens (including phenoxy) is 2. The lowest BCUT2D eigenvalue weighted by Gasteiger charge is -2.13. The third-order valence-electron chi connectivity index (χ3n) is 3.13. The third-order valence-corrected chi connectivity index (χ3v) is 4.50. The fourth-order valence-corrected chi connectivity index (χ4v) is 3.15. The van der Waals surface area contributed by atoms with Crippen LogP contribution in [-0.4, -0.2) is 32.1 Å². The van der Waals surface area contributed by atoms with Gasteiger partial charge < -0.3 is 9.47 Å². The molecule has 124 valence electrons. The fraction of sp³-hybridized carbons (Fsp3) is 0.333. The predicted octanol–water partition coefficient (Wildman–Crippen LogP) is 2.30. The van der Waals surface area contributed by atoms with Gasteiger partial charge in [-0.3, -0.25) is 4.72 Å². The summed E-state index contributed by atoms with van der Waals surface area (Å²) in [4.78, 5) is 8.43. The molecule has 0 fully saturated rings. The van der Waals surface area contributed by atoms with E-state index in [-0.39, 0.29) is 10.9 Å². The van der Waals surface area contributed by atoms with Crippen LogP contribution in [0, 0.1) is 13.8 Å². The van der Waals surface area contributed by atoms with Crippen molar-refractivity contribution >= 4 is 15.7 Å². The molecule has 1 N–H and O–H groups in total. The molecule has 0 radical (unpaired) electrons. The monoisotopic (exact) mass is 337 g/mol. The van der Waals surface area contributed by atoms with Gasteiger partial charge in [0.15, 0.2) is 0 Å². The number of methoxy groups -OCH3 is 1. The van der Waals surface area contributed by atoms with Crippen LogP contribution in [0.2, 0.25) is 0 Å². The lowest BCUT2D eigenvalue weighted by Crippen LogP contribution is -2.16. The minimum atomic E-state index is -3.73. The fourth-order valence-electron chi connectivity index (χ4n) is 1.98. The van der Waals surface area contributed by atoms with Gasteiger partial charge in [-0.25, -0.2) is 8.42 Å². The molecular formula is C15H19N3O4S. The van der Waals surface area contributed by atoms with Crippen molar-refractivity contribution in [1.82, 2.24) is 9.97 Å². The quantitative estimate of drug-likeness (QED) is 0.870. The number of nitrogens with zero attached hydrogens (tertiary/aromatic N) is 2. The number of hydrogen-bond acceptors (Lipinski definition) is 6. The molecule has 0 saturated carbocycles. The molecule has 23 heavy (non-hydrogen) atoms. The third kappa shape index (κ3) is 3.89. The smallest absolute Gasteiger partial charge is 0.316 e. The molecule has 1 heterocycles. The molecule has 0 spiro atoms. The van der Waals surface area contributed by atoms with E-state index in [2.05, 4.69) is 14.7 Å². The molecule has 1 aromatic heterocycles. The van der Waals surface area contributed by atoms with E-state index >= 15 is 0 Å². The van der Waals surface area contributed by atoms with Gasteiger partial charge in [-0.1, -0.05) is 0 Å². The van der Waals surface area contributed by atoms with E-state index < -0.39 is 10.0 Å². The molecule has 7 nitrogen and oxygen atoms in total. The molecule has 0 aliphatic rings. The van der Waals surface area contributed by atoms with Gasteiger partial charge in [-0.2, -0.15) is 9.97 Å². The second-order valence-corrected chi connectivity index (χ2v) is 6.45. The van der Waals surface area contributed by atoms with Crippen molar-refractivity contribution in [3.05, 3.63) is 35.7 Å². The zero-order valence-corrected chi connectivity index (χ0v) is 14.3. The van der Waals surface area contributed by atoms with Gasteiger partial charge in [-0.05, 0) is 45.0 Å². The van der Waals surface area contributed by atoms with Crippen LogP contribution in [-0.2, 0) is 10.0 Å². The molecule has 2 rings (SSSR count). The maximum atomic E-state index is 12.5. The number of rotatable bonds is 6. The highest BCUT2D eigenvalue weighted by molar-refractivity contribution is 7.92. The molecule has 0 aliphatic heterocycles. The van der Waals surface area contributed by atoms with Gasteiger partial charge in [-0.15, -0.1) is 0 Å². The minimum Gasteiger partial charge on any atom is -0.497 e. The largest absolute Gasteiger partial charge is 0.497 e. The van der Waals surface area contributed by atoms with Crippen LogP contribution in [0.25, 0.3) is 0 Å². The van der Waals surface area contributed by atoms with Gasteiger partial charge in [0.05, 0.1) is 35.7 Å². The van der Waals surface area contributed by atoms with Gasteiger partial charge in [0, 0.05) is 0 Å². The Morgan fingerprint density at radius 3 is 2.13 bits per heavy atom. The zero-order valence-electron chi connectivity index (χ0n) is 13.5. The van der Waals surface area contributed by atoms with Crippen molar-refractivity contribution in [1.29, 1.82) is 0 Å². The van der Waals surface area contributed by atoms with Crippen LogP contribution in [0.1, 0.15) is 18.3 Å². The van der Waals surface area contributed by atoms with Crippen molar-refractivity contribution in [3.8, 4) is 11.8 Å². The summed E-state index contributed by atoms with van der Waals surface area (Å²) in [7, 11) is -2.22. The Labute approximate surface area is 135 Å².